The SMILES string of the molecule is CCNC(=NCC(C)(C)N1CCCCC1)NCC(O)CS(=O)(=O)c1cccs1.I. The molecule has 0 bridgehead atoms. The van der Waals surface area contributed by atoms with Gasteiger partial charge in [-0.05, 0) is 58.1 Å². The molecule has 10 heteroatoms. The minimum Gasteiger partial charge on any atom is -0.390 e. The predicted molar refractivity (Wildman–Crippen MR) is 131 cm³/mol. The van der Waals surface area contributed by atoms with Crippen molar-refractivity contribution in [2.24, 2.45) is 4.99 Å². The lowest BCUT2D eigenvalue weighted by Gasteiger charge is -2.40. The van der Waals surface area contributed by atoms with Crippen LogP contribution >= 0.6 is 35.3 Å². The van der Waals surface area contributed by atoms with Crippen LogP contribution in [-0.4, -0.2) is 74.5 Å². The smallest absolute Gasteiger partial charge is 0.191 e. The maximum Gasteiger partial charge on any atom is 0.191 e. The predicted octanol–water partition coefficient (Wildman–Crippen LogP) is 2.32. The Morgan fingerprint density at radius 2 is 2.00 bits per heavy atom. The van der Waals surface area contributed by atoms with Gasteiger partial charge in [-0.15, -0.1) is 35.3 Å². The van der Waals surface area contributed by atoms with E-state index in [0.717, 1.165) is 13.1 Å². The summed E-state index contributed by atoms with van der Waals surface area (Å²) in [4.78, 5) is 7.15. The van der Waals surface area contributed by atoms with Gasteiger partial charge in [-0.3, -0.25) is 9.89 Å². The molecule has 0 spiro atoms. The summed E-state index contributed by atoms with van der Waals surface area (Å²) in [7, 11) is -3.46. The van der Waals surface area contributed by atoms with Crippen LogP contribution in [0.25, 0.3) is 0 Å². The summed E-state index contributed by atoms with van der Waals surface area (Å²) in [5.74, 6) is 0.291. The van der Waals surface area contributed by atoms with Gasteiger partial charge in [0, 0.05) is 18.6 Å². The van der Waals surface area contributed by atoms with Crippen LogP contribution in [0, 0.1) is 0 Å². The van der Waals surface area contributed by atoms with Gasteiger partial charge in [0.05, 0.1) is 18.4 Å². The van der Waals surface area contributed by atoms with Gasteiger partial charge >= 0.3 is 0 Å². The molecule has 168 valence electrons. The molecule has 1 saturated heterocycles. The first-order valence-corrected chi connectivity index (χ1v) is 12.5. The van der Waals surface area contributed by atoms with Crippen LogP contribution in [0.1, 0.15) is 40.0 Å². The quantitative estimate of drug-likeness (QED) is 0.245. The number of sulfone groups is 1. The minimum absolute atomic E-state index is 0. The van der Waals surface area contributed by atoms with Crippen LogP contribution in [0.4, 0.5) is 0 Å². The Hall–Kier alpha value is -0.430. The summed E-state index contributed by atoms with van der Waals surface area (Å²) in [5, 5.41) is 18.2. The molecule has 7 nitrogen and oxygen atoms in total. The number of likely N-dealkylation sites (tertiary alicyclic amines) is 1. The van der Waals surface area contributed by atoms with Gasteiger partial charge in [-0.1, -0.05) is 12.5 Å². The molecule has 0 aliphatic carbocycles. The highest BCUT2D eigenvalue weighted by atomic mass is 127. The molecule has 3 N–H and O–H groups in total. The van der Waals surface area contributed by atoms with Crippen molar-refractivity contribution in [3.8, 4) is 0 Å². The molecule has 2 rings (SSSR count). The molecule has 0 radical (unpaired) electrons. The van der Waals surface area contributed by atoms with Crippen molar-refractivity contribution in [2.75, 3.05) is 38.5 Å². The summed E-state index contributed by atoms with van der Waals surface area (Å²) in [5.41, 5.74) is -0.0378. The number of thiophene rings is 1. The second kappa shape index (κ2) is 12.4. The van der Waals surface area contributed by atoms with Gasteiger partial charge in [-0.25, -0.2) is 8.42 Å². The van der Waals surface area contributed by atoms with E-state index in [2.05, 4.69) is 34.4 Å². The zero-order valence-electron chi connectivity index (χ0n) is 17.6. The van der Waals surface area contributed by atoms with E-state index in [1.54, 1.807) is 17.5 Å². The van der Waals surface area contributed by atoms with Crippen molar-refractivity contribution in [3.63, 3.8) is 0 Å². The number of rotatable bonds is 9. The second-order valence-corrected chi connectivity index (χ2v) is 11.0. The number of hydrogen-bond acceptors (Lipinski definition) is 6. The second-order valence-electron chi connectivity index (χ2n) is 7.80. The Kier molecular flexibility index (Phi) is 11.4. The van der Waals surface area contributed by atoms with E-state index in [-0.39, 0.29) is 46.0 Å². The van der Waals surface area contributed by atoms with Crippen LogP contribution in [-0.2, 0) is 9.84 Å². The third-order valence-corrected chi connectivity index (χ3v) is 8.18. The molecule has 1 aromatic rings. The van der Waals surface area contributed by atoms with Gasteiger partial charge in [0.1, 0.15) is 4.21 Å². The first-order valence-electron chi connectivity index (χ1n) is 9.96. The summed E-state index contributed by atoms with van der Waals surface area (Å²) in [6.07, 6.45) is 2.75. The normalized spacial score (nSPS) is 17.4. The molecule has 2 heterocycles. The van der Waals surface area contributed by atoms with Crippen LogP contribution < -0.4 is 10.6 Å². The Morgan fingerprint density at radius 3 is 2.59 bits per heavy atom. The number of aliphatic hydroxyl groups is 1. The van der Waals surface area contributed by atoms with Crippen LogP contribution in [0.3, 0.4) is 0 Å². The molecular formula is C19H35IN4O3S2. The average molecular weight is 559 g/mol. The average Bonchev–Trinajstić information content (AvgIpc) is 3.20. The first-order chi connectivity index (χ1) is 13.2. The molecular weight excluding hydrogens is 523 g/mol. The molecule has 29 heavy (non-hydrogen) atoms. The molecule has 1 aromatic heterocycles. The topological polar surface area (TPSA) is 94.0 Å². The van der Waals surface area contributed by atoms with Gasteiger partial charge < -0.3 is 15.7 Å². The van der Waals surface area contributed by atoms with E-state index in [0.29, 0.717) is 19.0 Å². The van der Waals surface area contributed by atoms with Crippen molar-refractivity contribution in [1.82, 2.24) is 15.5 Å². The molecule has 1 atom stereocenters. The van der Waals surface area contributed by atoms with Crippen LogP contribution in [0.2, 0.25) is 0 Å². The number of aliphatic hydroxyl groups excluding tert-OH is 1. The number of hydrogen-bond donors (Lipinski definition) is 3. The summed E-state index contributed by atoms with van der Waals surface area (Å²) < 4.78 is 24.8. The molecule has 0 amide bonds. The van der Waals surface area contributed by atoms with Gasteiger partial charge in [0.25, 0.3) is 0 Å². The Bertz CT molecular complexity index is 718. The highest BCUT2D eigenvalue weighted by molar-refractivity contribution is 14.0. The van der Waals surface area contributed by atoms with E-state index < -0.39 is 15.9 Å². The zero-order chi connectivity index (χ0) is 20.6. The van der Waals surface area contributed by atoms with E-state index in [4.69, 9.17) is 0 Å². The van der Waals surface area contributed by atoms with Crippen LogP contribution in [0.15, 0.2) is 26.7 Å². The van der Waals surface area contributed by atoms with E-state index in [9.17, 15) is 13.5 Å². The summed E-state index contributed by atoms with van der Waals surface area (Å²) in [6.45, 7) is 10.0. The molecule has 1 aliphatic heterocycles. The molecule has 1 aliphatic rings. The maximum absolute atomic E-state index is 12.3. The molecule has 0 saturated carbocycles. The van der Waals surface area contributed by atoms with Crippen LogP contribution in [0.5, 0.6) is 0 Å². The van der Waals surface area contributed by atoms with Crippen molar-refractivity contribution in [1.29, 1.82) is 0 Å². The number of piperidine rings is 1. The largest absolute Gasteiger partial charge is 0.390 e. The fourth-order valence-electron chi connectivity index (χ4n) is 3.26. The van der Waals surface area contributed by atoms with Gasteiger partial charge in [-0.2, -0.15) is 0 Å². The lowest BCUT2D eigenvalue weighted by molar-refractivity contribution is 0.102. The maximum atomic E-state index is 12.3. The highest BCUT2D eigenvalue weighted by Crippen LogP contribution is 2.21. The van der Waals surface area contributed by atoms with Crippen molar-refractivity contribution >= 4 is 51.1 Å². The third kappa shape index (κ3) is 8.68. The molecule has 1 fully saturated rings. The third-order valence-electron chi connectivity index (χ3n) is 4.90. The highest BCUT2D eigenvalue weighted by Gasteiger charge is 2.27. The molecule has 0 aromatic carbocycles. The lowest BCUT2D eigenvalue weighted by Crippen LogP contribution is -2.50. The summed E-state index contributed by atoms with van der Waals surface area (Å²) in [6, 6.07) is 3.26. The first kappa shape index (κ1) is 26.6. The van der Waals surface area contributed by atoms with Gasteiger partial charge in [0.15, 0.2) is 15.8 Å². The Morgan fingerprint density at radius 1 is 1.31 bits per heavy atom. The monoisotopic (exact) mass is 558 g/mol. The van der Waals surface area contributed by atoms with Crippen molar-refractivity contribution in [3.05, 3.63) is 17.5 Å². The number of nitrogens with one attached hydrogen (secondary N) is 2. The fraction of sp³-hybridized carbons (Fsp3) is 0.737. The zero-order valence-corrected chi connectivity index (χ0v) is 21.5. The van der Waals surface area contributed by atoms with Crippen molar-refractivity contribution < 1.29 is 13.5 Å². The number of guanidine groups is 1. The fourth-order valence-corrected chi connectivity index (χ4v) is 5.74. The van der Waals surface area contributed by atoms with Crippen molar-refractivity contribution in [2.45, 2.75) is 55.9 Å². The Labute approximate surface area is 196 Å². The minimum atomic E-state index is -3.46. The van der Waals surface area contributed by atoms with E-state index >= 15 is 0 Å². The summed E-state index contributed by atoms with van der Waals surface area (Å²) >= 11 is 1.17. The number of nitrogens with zero attached hydrogens (tertiary/aromatic N) is 2. The van der Waals surface area contributed by atoms with E-state index in [1.807, 2.05) is 6.92 Å². The van der Waals surface area contributed by atoms with E-state index in [1.165, 1.54) is 30.6 Å². The van der Waals surface area contributed by atoms with Gasteiger partial charge in [0.2, 0.25) is 0 Å². The molecule has 1 unspecified atom stereocenters. The lowest BCUT2D eigenvalue weighted by atomic mass is 9.99. The standard InChI is InChI=1S/C19H34N4O3S2.HI/c1-4-20-18(22-15-19(2,3)23-10-6-5-7-11-23)21-13-16(24)14-28(25,26)17-9-8-12-27-17;/h8-9,12,16,24H,4-7,10-11,13-15H2,1-3H3,(H2,20,21,22);1H. The number of aliphatic imine (C=N–C) groups is 1. The number of halogens is 1. The Balaban J connectivity index is 0.00000420.